The lowest BCUT2D eigenvalue weighted by Crippen LogP contribution is -2.38. The molecule has 0 saturated carbocycles. The third-order valence-electron chi connectivity index (χ3n) is 5.20. The molecule has 1 amide bonds. The largest absolute Gasteiger partial charge is 0.369 e. The zero-order chi connectivity index (χ0) is 17.3. The van der Waals surface area contributed by atoms with Gasteiger partial charge in [-0.3, -0.25) is 4.79 Å². The van der Waals surface area contributed by atoms with Gasteiger partial charge in [0.25, 0.3) is 5.91 Å². The molecule has 0 aliphatic carbocycles. The molecule has 132 valence electrons. The number of carbonyl (C=O) groups is 1. The van der Waals surface area contributed by atoms with Crippen molar-refractivity contribution in [2.24, 2.45) is 5.92 Å². The second kappa shape index (κ2) is 6.70. The normalized spacial score (nSPS) is 24.1. The van der Waals surface area contributed by atoms with Crippen molar-refractivity contribution in [3.05, 3.63) is 24.0 Å². The molecule has 24 heavy (non-hydrogen) atoms. The molecule has 1 aromatic heterocycles. The fourth-order valence-corrected chi connectivity index (χ4v) is 5.16. The number of rotatable bonds is 3. The van der Waals surface area contributed by atoms with E-state index in [4.69, 9.17) is 0 Å². The SMILES string of the molecule is CC1CCN(C(=O)c2ccc(N(C)C3CCS(=O)(=O)C3)cn2)CC1. The van der Waals surface area contributed by atoms with Gasteiger partial charge in [0.1, 0.15) is 5.69 Å². The lowest BCUT2D eigenvalue weighted by molar-refractivity contribution is 0.0691. The maximum absolute atomic E-state index is 12.5. The highest BCUT2D eigenvalue weighted by Gasteiger charge is 2.31. The number of sulfone groups is 1. The van der Waals surface area contributed by atoms with Gasteiger partial charge in [-0.05, 0) is 37.3 Å². The summed E-state index contributed by atoms with van der Waals surface area (Å²) in [6, 6.07) is 3.59. The highest BCUT2D eigenvalue weighted by molar-refractivity contribution is 7.91. The monoisotopic (exact) mass is 351 g/mol. The number of hydrogen-bond acceptors (Lipinski definition) is 5. The molecule has 2 saturated heterocycles. The number of amides is 1. The highest BCUT2D eigenvalue weighted by Crippen LogP contribution is 2.23. The Bertz CT molecular complexity index is 694. The first-order valence-electron chi connectivity index (χ1n) is 8.54. The van der Waals surface area contributed by atoms with E-state index in [1.165, 1.54) is 0 Å². The van der Waals surface area contributed by atoms with E-state index in [2.05, 4.69) is 11.9 Å². The first-order chi connectivity index (χ1) is 11.4. The zero-order valence-corrected chi connectivity index (χ0v) is 15.1. The number of pyridine rings is 1. The summed E-state index contributed by atoms with van der Waals surface area (Å²) in [6.07, 6.45) is 4.40. The fourth-order valence-electron chi connectivity index (χ4n) is 3.39. The van der Waals surface area contributed by atoms with Crippen LogP contribution in [0.15, 0.2) is 18.3 Å². The predicted octanol–water partition coefficient (Wildman–Crippen LogP) is 1.58. The molecule has 1 aromatic rings. The highest BCUT2D eigenvalue weighted by atomic mass is 32.2. The third kappa shape index (κ3) is 3.71. The van der Waals surface area contributed by atoms with Crippen molar-refractivity contribution >= 4 is 21.4 Å². The van der Waals surface area contributed by atoms with Gasteiger partial charge in [-0.2, -0.15) is 0 Å². The number of hydrogen-bond donors (Lipinski definition) is 0. The first-order valence-corrected chi connectivity index (χ1v) is 10.4. The maximum Gasteiger partial charge on any atom is 0.272 e. The Kier molecular flexibility index (Phi) is 4.80. The molecule has 0 spiro atoms. The van der Waals surface area contributed by atoms with E-state index in [1.54, 1.807) is 12.3 Å². The summed E-state index contributed by atoms with van der Waals surface area (Å²) in [5.74, 6) is 1.11. The minimum Gasteiger partial charge on any atom is -0.369 e. The Morgan fingerprint density at radius 1 is 1.25 bits per heavy atom. The number of likely N-dealkylation sites (tertiary alicyclic amines) is 1. The van der Waals surface area contributed by atoms with E-state index >= 15 is 0 Å². The Morgan fingerprint density at radius 3 is 2.50 bits per heavy atom. The third-order valence-corrected chi connectivity index (χ3v) is 6.95. The Hall–Kier alpha value is -1.63. The maximum atomic E-state index is 12.5. The average Bonchev–Trinajstić information content (AvgIpc) is 2.94. The molecule has 6 nitrogen and oxygen atoms in total. The van der Waals surface area contributed by atoms with Crippen LogP contribution in [-0.2, 0) is 9.84 Å². The van der Waals surface area contributed by atoms with Gasteiger partial charge in [0, 0.05) is 26.2 Å². The van der Waals surface area contributed by atoms with Gasteiger partial charge in [0.05, 0.1) is 23.4 Å². The molecule has 3 heterocycles. The van der Waals surface area contributed by atoms with Crippen LogP contribution < -0.4 is 4.90 Å². The van der Waals surface area contributed by atoms with Gasteiger partial charge in [-0.15, -0.1) is 0 Å². The molecule has 2 aliphatic rings. The average molecular weight is 351 g/mol. The number of piperidine rings is 1. The lowest BCUT2D eigenvalue weighted by Gasteiger charge is -2.30. The van der Waals surface area contributed by atoms with Crippen LogP contribution in [0.5, 0.6) is 0 Å². The molecule has 0 N–H and O–H groups in total. The van der Waals surface area contributed by atoms with Crippen molar-refractivity contribution in [2.75, 3.05) is 36.5 Å². The predicted molar refractivity (Wildman–Crippen MR) is 94.0 cm³/mol. The van der Waals surface area contributed by atoms with E-state index in [-0.39, 0.29) is 23.5 Å². The molecule has 2 aliphatic heterocycles. The molecular weight excluding hydrogens is 326 g/mol. The molecule has 1 unspecified atom stereocenters. The smallest absolute Gasteiger partial charge is 0.272 e. The Morgan fingerprint density at radius 2 is 1.96 bits per heavy atom. The van der Waals surface area contributed by atoms with E-state index in [0.717, 1.165) is 31.6 Å². The van der Waals surface area contributed by atoms with Crippen LogP contribution in [0.4, 0.5) is 5.69 Å². The second-order valence-corrected chi connectivity index (χ2v) is 9.27. The minimum atomic E-state index is -2.91. The summed E-state index contributed by atoms with van der Waals surface area (Å²) in [4.78, 5) is 20.6. The molecule has 3 rings (SSSR count). The molecule has 0 radical (unpaired) electrons. The van der Waals surface area contributed by atoms with Crippen molar-refractivity contribution in [3.63, 3.8) is 0 Å². The quantitative estimate of drug-likeness (QED) is 0.827. The number of carbonyl (C=O) groups excluding carboxylic acids is 1. The number of aromatic nitrogens is 1. The van der Waals surface area contributed by atoms with E-state index in [1.807, 2.05) is 22.9 Å². The molecule has 2 fully saturated rings. The fraction of sp³-hybridized carbons (Fsp3) is 0.647. The van der Waals surface area contributed by atoms with Crippen molar-refractivity contribution in [1.82, 2.24) is 9.88 Å². The molecular formula is C17H25N3O3S. The Balaban J connectivity index is 1.66. The van der Waals surface area contributed by atoms with E-state index in [9.17, 15) is 13.2 Å². The van der Waals surface area contributed by atoms with Crippen LogP contribution in [0.1, 0.15) is 36.7 Å². The van der Waals surface area contributed by atoms with Gasteiger partial charge in [0.2, 0.25) is 0 Å². The van der Waals surface area contributed by atoms with E-state index < -0.39 is 9.84 Å². The molecule has 0 bridgehead atoms. The van der Waals surface area contributed by atoms with Crippen LogP contribution in [-0.4, -0.2) is 61.9 Å². The van der Waals surface area contributed by atoms with Crippen molar-refractivity contribution in [2.45, 2.75) is 32.2 Å². The first kappa shape index (κ1) is 17.2. The van der Waals surface area contributed by atoms with Crippen LogP contribution in [0.3, 0.4) is 0 Å². The molecule has 1 atom stereocenters. The summed E-state index contributed by atoms with van der Waals surface area (Å²) in [6.45, 7) is 3.81. The van der Waals surface area contributed by atoms with E-state index in [0.29, 0.717) is 18.0 Å². The van der Waals surface area contributed by atoms with Crippen molar-refractivity contribution in [1.29, 1.82) is 0 Å². The minimum absolute atomic E-state index is 0.0121. The van der Waals surface area contributed by atoms with Gasteiger partial charge in [0.15, 0.2) is 9.84 Å². The lowest BCUT2D eigenvalue weighted by atomic mass is 9.99. The van der Waals surface area contributed by atoms with Crippen molar-refractivity contribution < 1.29 is 13.2 Å². The summed E-state index contributed by atoms with van der Waals surface area (Å²) >= 11 is 0. The van der Waals surface area contributed by atoms with Crippen molar-refractivity contribution in [3.8, 4) is 0 Å². The zero-order valence-electron chi connectivity index (χ0n) is 14.3. The Labute approximate surface area is 143 Å². The van der Waals surface area contributed by atoms with Gasteiger partial charge in [-0.1, -0.05) is 6.92 Å². The summed E-state index contributed by atoms with van der Waals surface area (Å²) in [5, 5.41) is 0. The van der Waals surface area contributed by atoms with Crippen LogP contribution in [0.2, 0.25) is 0 Å². The van der Waals surface area contributed by atoms with Crippen LogP contribution in [0.25, 0.3) is 0 Å². The summed E-state index contributed by atoms with van der Waals surface area (Å²) < 4.78 is 23.3. The topological polar surface area (TPSA) is 70.6 Å². The van der Waals surface area contributed by atoms with Gasteiger partial charge >= 0.3 is 0 Å². The summed E-state index contributed by atoms with van der Waals surface area (Å²) in [5.41, 5.74) is 1.31. The van der Waals surface area contributed by atoms with Crippen LogP contribution >= 0.6 is 0 Å². The van der Waals surface area contributed by atoms with Gasteiger partial charge in [-0.25, -0.2) is 13.4 Å². The number of nitrogens with zero attached hydrogens (tertiary/aromatic N) is 3. The molecule has 7 heteroatoms. The summed E-state index contributed by atoms with van der Waals surface area (Å²) in [7, 11) is -1.03. The van der Waals surface area contributed by atoms with Crippen LogP contribution in [0, 0.1) is 5.92 Å². The van der Waals surface area contributed by atoms with Gasteiger partial charge < -0.3 is 9.80 Å². The number of anilines is 1. The standard InChI is InChI=1S/C17H25N3O3S/c1-13-5-8-20(9-6-13)17(21)16-4-3-14(11-18-16)19(2)15-7-10-24(22,23)12-15/h3-4,11,13,15H,5-10,12H2,1-2H3. The second-order valence-electron chi connectivity index (χ2n) is 7.04. The molecule has 0 aromatic carbocycles.